The lowest BCUT2D eigenvalue weighted by Crippen LogP contribution is -2.54. The van der Waals surface area contributed by atoms with E-state index in [2.05, 4.69) is 22.5 Å². The highest BCUT2D eigenvalue weighted by Crippen LogP contribution is 2.10. The Balaban J connectivity index is 1.68. The molecule has 2 aliphatic rings. The number of rotatable bonds is 4. The number of carbonyl (C=O) groups excluding carboxylic acids is 1. The topological polar surface area (TPSA) is 53.6 Å². The molecule has 2 heterocycles. The van der Waals surface area contributed by atoms with Crippen molar-refractivity contribution in [1.29, 1.82) is 0 Å². The fourth-order valence-electron chi connectivity index (χ4n) is 2.65. The highest BCUT2D eigenvalue weighted by atomic mass is 16.5. The predicted molar refractivity (Wildman–Crippen MR) is 70.5 cm³/mol. The highest BCUT2D eigenvalue weighted by Gasteiger charge is 2.25. The summed E-state index contributed by atoms with van der Waals surface area (Å²) in [5, 5.41) is 6.33. The molecule has 0 bridgehead atoms. The molecule has 0 spiro atoms. The Labute approximate surface area is 109 Å². The molecular formula is C13H25N3O2. The van der Waals surface area contributed by atoms with Gasteiger partial charge >= 0.3 is 0 Å². The number of hydrogen-bond donors (Lipinski definition) is 2. The molecule has 0 radical (unpaired) electrons. The molecule has 2 fully saturated rings. The van der Waals surface area contributed by atoms with Crippen LogP contribution in [0.2, 0.25) is 0 Å². The summed E-state index contributed by atoms with van der Waals surface area (Å²) in [4.78, 5) is 14.5. The van der Waals surface area contributed by atoms with E-state index in [0.29, 0.717) is 19.3 Å². The smallest absolute Gasteiger partial charge is 0.239 e. The maximum atomic E-state index is 12.0. The number of nitrogens with zero attached hydrogens (tertiary/aromatic N) is 1. The Morgan fingerprint density at radius 3 is 2.83 bits per heavy atom. The second-order valence-electron chi connectivity index (χ2n) is 5.21. The lowest BCUT2D eigenvalue weighted by Gasteiger charge is -2.33. The molecule has 5 heteroatoms. The summed E-state index contributed by atoms with van der Waals surface area (Å²) < 4.78 is 5.31. The molecule has 18 heavy (non-hydrogen) atoms. The van der Waals surface area contributed by atoms with E-state index in [-0.39, 0.29) is 11.9 Å². The Bertz CT molecular complexity index is 259. The molecule has 0 aromatic heterocycles. The van der Waals surface area contributed by atoms with Crippen molar-refractivity contribution in [1.82, 2.24) is 15.5 Å². The van der Waals surface area contributed by atoms with Gasteiger partial charge in [-0.1, -0.05) is 6.92 Å². The van der Waals surface area contributed by atoms with Gasteiger partial charge in [-0.3, -0.25) is 4.79 Å². The zero-order chi connectivity index (χ0) is 12.8. The van der Waals surface area contributed by atoms with Crippen molar-refractivity contribution in [2.75, 3.05) is 39.4 Å². The van der Waals surface area contributed by atoms with Crippen LogP contribution in [0.25, 0.3) is 0 Å². The molecule has 2 aliphatic heterocycles. The number of amides is 1. The van der Waals surface area contributed by atoms with Gasteiger partial charge in [-0.05, 0) is 25.8 Å². The van der Waals surface area contributed by atoms with Crippen LogP contribution in [0.3, 0.4) is 0 Å². The van der Waals surface area contributed by atoms with Crippen molar-refractivity contribution in [3.8, 4) is 0 Å². The quantitative estimate of drug-likeness (QED) is 0.740. The number of carbonyl (C=O) groups is 1. The van der Waals surface area contributed by atoms with Crippen molar-refractivity contribution in [2.24, 2.45) is 0 Å². The molecule has 5 nitrogen and oxygen atoms in total. The standard InChI is InChI=1S/C13H25N3O2/c1-2-6-16-7-3-11(4-8-16)15-13(17)12-10-18-9-5-14-12/h11-12,14H,2-10H2,1H3,(H,15,17). The van der Waals surface area contributed by atoms with E-state index < -0.39 is 0 Å². The normalized spacial score (nSPS) is 27.1. The molecular weight excluding hydrogens is 230 g/mol. The monoisotopic (exact) mass is 255 g/mol. The minimum atomic E-state index is -0.160. The average molecular weight is 255 g/mol. The Kier molecular flexibility index (Phi) is 5.41. The van der Waals surface area contributed by atoms with Gasteiger partial charge in [0.1, 0.15) is 6.04 Å². The van der Waals surface area contributed by atoms with Gasteiger partial charge < -0.3 is 20.3 Å². The Morgan fingerprint density at radius 2 is 2.22 bits per heavy atom. The lowest BCUT2D eigenvalue weighted by atomic mass is 10.0. The summed E-state index contributed by atoms with van der Waals surface area (Å²) in [6, 6.07) is 0.182. The number of hydrogen-bond acceptors (Lipinski definition) is 4. The van der Waals surface area contributed by atoms with Gasteiger partial charge in [-0.15, -0.1) is 0 Å². The third-order valence-corrected chi connectivity index (χ3v) is 3.71. The predicted octanol–water partition coefficient (Wildman–Crippen LogP) is -0.0346. The van der Waals surface area contributed by atoms with Gasteiger partial charge in [0.25, 0.3) is 0 Å². The number of nitrogens with one attached hydrogen (secondary N) is 2. The second kappa shape index (κ2) is 7.07. The molecule has 0 saturated carbocycles. The summed E-state index contributed by atoms with van der Waals surface area (Å²) >= 11 is 0. The molecule has 2 rings (SSSR count). The molecule has 104 valence electrons. The zero-order valence-electron chi connectivity index (χ0n) is 11.3. The van der Waals surface area contributed by atoms with E-state index in [4.69, 9.17) is 4.74 Å². The Hall–Kier alpha value is -0.650. The van der Waals surface area contributed by atoms with Crippen LogP contribution in [0.5, 0.6) is 0 Å². The van der Waals surface area contributed by atoms with E-state index in [1.807, 2.05) is 0 Å². The first-order valence-electron chi connectivity index (χ1n) is 7.13. The van der Waals surface area contributed by atoms with Gasteiger partial charge in [-0.25, -0.2) is 0 Å². The van der Waals surface area contributed by atoms with Gasteiger partial charge in [-0.2, -0.15) is 0 Å². The fourth-order valence-corrected chi connectivity index (χ4v) is 2.65. The highest BCUT2D eigenvalue weighted by molar-refractivity contribution is 5.82. The van der Waals surface area contributed by atoms with Crippen LogP contribution in [-0.4, -0.2) is 62.3 Å². The van der Waals surface area contributed by atoms with Gasteiger partial charge in [0.05, 0.1) is 13.2 Å². The summed E-state index contributed by atoms with van der Waals surface area (Å²) in [6.07, 6.45) is 3.35. The van der Waals surface area contributed by atoms with Crippen molar-refractivity contribution in [2.45, 2.75) is 38.3 Å². The minimum Gasteiger partial charge on any atom is -0.378 e. The van der Waals surface area contributed by atoms with E-state index >= 15 is 0 Å². The first kappa shape index (κ1) is 13.8. The van der Waals surface area contributed by atoms with Crippen LogP contribution < -0.4 is 10.6 Å². The minimum absolute atomic E-state index is 0.101. The van der Waals surface area contributed by atoms with Crippen LogP contribution in [-0.2, 0) is 9.53 Å². The molecule has 2 saturated heterocycles. The van der Waals surface area contributed by atoms with E-state index in [9.17, 15) is 4.79 Å². The molecule has 2 N–H and O–H groups in total. The van der Waals surface area contributed by atoms with Crippen LogP contribution in [0.1, 0.15) is 26.2 Å². The van der Waals surface area contributed by atoms with Gasteiger partial charge in [0.15, 0.2) is 0 Å². The third-order valence-electron chi connectivity index (χ3n) is 3.71. The lowest BCUT2D eigenvalue weighted by molar-refractivity contribution is -0.126. The fraction of sp³-hybridized carbons (Fsp3) is 0.923. The molecule has 1 amide bonds. The summed E-state index contributed by atoms with van der Waals surface area (Å²) in [7, 11) is 0. The zero-order valence-corrected chi connectivity index (χ0v) is 11.3. The first-order chi connectivity index (χ1) is 8.79. The van der Waals surface area contributed by atoms with Crippen LogP contribution in [0.15, 0.2) is 0 Å². The summed E-state index contributed by atoms with van der Waals surface area (Å²) in [6.45, 7) is 7.58. The van der Waals surface area contributed by atoms with Crippen LogP contribution in [0.4, 0.5) is 0 Å². The van der Waals surface area contributed by atoms with E-state index in [1.165, 1.54) is 13.0 Å². The number of likely N-dealkylation sites (tertiary alicyclic amines) is 1. The number of morpholine rings is 1. The third kappa shape index (κ3) is 3.93. The molecule has 1 unspecified atom stereocenters. The summed E-state index contributed by atoms with van der Waals surface area (Å²) in [5.74, 6) is 0.101. The van der Waals surface area contributed by atoms with Crippen LogP contribution in [0, 0.1) is 0 Å². The number of ether oxygens (including phenoxy) is 1. The maximum absolute atomic E-state index is 12.0. The van der Waals surface area contributed by atoms with E-state index in [1.54, 1.807) is 0 Å². The SMILES string of the molecule is CCCN1CCC(NC(=O)C2COCCN2)CC1. The molecule has 0 aromatic rings. The second-order valence-corrected chi connectivity index (χ2v) is 5.21. The van der Waals surface area contributed by atoms with Crippen molar-refractivity contribution in [3.05, 3.63) is 0 Å². The van der Waals surface area contributed by atoms with Crippen molar-refractivity contribution < 1.29 is 9.53 Å². The van der Waals surface area contributed by atoms with Crippen molar-refractivity contribution in [3.63, 3.8) is 0 Å². The maximum Gasteiger partial charge on any atom is 0.239 e. The molecule has 0 aliphatic carbocycles. The average Bonchev–Trinajstić information content (AvgIpc) is 2.42. The molecule has 0 aromatic carbocycles. The largest absolute Gasteiger partial charge is 0.378 e. The summed E-state index contributed by atoms with van der Waals surface area (Å²) in [5.41, 5.74) is 0. The Morgan fingerprint density at radius 1 is 1.44 bits per heavy atom. The van der Waals surface area contributed by atoms with E-state index in [0.717, 1.165) is 32.5 Å². The number of piperidine rings is 1. The van der Waals surface area contributed by atoms with Crippen molar-refractivity contribution >= 4 is 5.91 Å². The van der Waals surface area contributed by atoms with Gasteiger partial charge in [0, 0.05) is 25.7 Å². The first-order valence-corrected chi connectivity index (χ1v) is 7.13. The van der Waals surface area contributed by atoms with Crippen LogP contribution >= 0.6 is 0 Å². The van der Waals surface area contributed by atoms with Gasteiger partial charge in [0.2, 0.25) is 5.91 Å². The molecule has 1 atom stereocenters.